The van der Waals surface area contributed by atoms with Crippen molar-refractivity contribution in [3.05, 3.63) is 69.0 Å². The highest BCUT2D eigenvalue weighted by atomic mass is 28.4. The van der Waals surface area contributed by atoms with E-state index < -0.39 is 57.9 Å². The van der Waals surface area contributed by atoms with Crippen molar-refractivity contribution in [1.82, 2.24) is 9.13 Å². The summed E-state index contributed by atoms with van der Waals surface area (Å²) in [6, 6.07) is 9.17. The normalized spacial score (nSPS) is 25.5. The predicted octanol–water partition coefficient (Wildman–Crippen LogP) is 6.13. The largest absolute Gasteiger partial charge is 0.414 e. The molecular formula is C31H47FN2O6Si2. The van der Waals surface area contributed by atoms with Gasteiger partial charge in [-0.05, 0) is 67.2 Å². The molecule has 0 bridgehead atoms. The van der Waals surface area contributed by atoms with E-state index in [9.17, 15) is 14.4 Å². The van der Waals surface area contributed by atoms with Crippen LogP contribution in [0, 0.1) is 5.92 Å². The van der Waals surface area contributed by atoms with E-state index in [2.05, 4.69) is 67.7 Å². The number of carbonyl (C=O) groups excluding carboxylic acids is 1. The first-order valence-corrected chi connectivity index (χ1v) is 20.6. The Morgan fingerprint density at radius 1 is 0.976 bits per heavy atom. The van der Waals surface area contributed by atoms with E-state index in [1.54, 1.807) is 18.2 Å². The highest BCUT2D eigenvalue weighted by Gasteiger charge is 2.65. The van der Waals surface area contributed by atoms with Crippen molar-refractivity contribution < 1.29 is 22.8 Å². The third kappa shape index (κ3) is 5.95. The maximum atomic E-state index is 16.9. The second-order valence-electron chi connectivity index (χ2n) is 14.9. The molecule has 1 saturated heterocycles. The summed E-state index contributed by atoms with van der Waals surface area (Å²) in [5.41, 5.74) is -2.69. The van der Waals surface area contributed by atoms with Gasteiger partial charge in [0.25, 0.3) is 11.5 Å². The molecule has 1 aliphatic heterocycles. The smallest absolute Gasteiger partial charge is 0.340 e. The third-order valence-corrected chi connectivity index (χ3v) is 18.8. The summed E-state index contributed by atoms with van der Waals surface area (Å²) in [5, 5.41) is -0.280. The average molecular weight is 619 g/mol. The van der Waals surface area contributed by atoms with Gasteiger partial charge in [-0.2, -0.15) is 4.57 Å². The molecule has 2 heterocycles. The van der Waals surface area contributed by atoms with Crippen LogP contribution in [0.4, 0.5) is 4.39 Å². The van der Waals surface area contributed by atoms with Crippen molar-refractivity contribution in [2.75, 3.05) is 6.61 Å². The second kappa shape index (κ2) is 11.1. The fourth-order valence-corrected chi connectivity index (χ4v) is 7.21. The Kier molecular flexibility index (Phi) is 8.62. The fraction of sp³-hybridized carbons (Fsp3) is 0.645. The van der Waals surface area contributed by atoms with Gasteiger partial charge in [0, 0.05) is 17.8 Å². The van der Waals surface area contributed by atoms with Crippen LogP contribution in [0.1, 0.15) is 71.0 Å². The van der Waals surface area contributed by atoms with Gasteiger partial charge in [-0.3, -0.25) is 14.2 Å². The number of aromatic nitrogens is 2. The maximum absolute atomic E-state index is 16.9. The van der Waals surface area contributed by atoms with Crippen molar-refractivity contribution in [2.24, 2.45) is 5.92 Å². The molecule has 4 rings (SSSR count). The molecule has 4 atom stereocenters. The molecule has 1 aromatic heterocycles. The molecule has 0 N–H and O–H groups in total. The number of benzene rings is 1. The summed E-state index contributed by atoms with van der Waals surface area (Å²) >= 11 is 0. The number of carbonyl (C=O) groups is 1. The molecule has 2 aromatic rings. The van der Waals surface area contributed by atoms with Crippen LogP contribution < -0.4 is 11.2 Å². The summed E-state index contributed by atoms with van der Waals surface area (Å²) in [7, 11) is -4.79. The summed E-state index contributed by atoms with van der Waals surface area (Å²) in [6.07, 6.45) is -1.24. The van der Waals surface area contributed by atoms with Crippen molar-refractivity contribution >= 4 is 22.5 Å². The Balaban J connectivity index is 1.82. The lowest BCUT2D eigenvalue weighted by Crippen LogP contribution is -2.57. The monoisotopic (exact) mass is 618 g/mol. The van der Waals surface area contributed by atoms with Gasteiger partial charge in [0.15, 0.2) is 29.0 Å². The Morgan fingerprint density at radius 2 is 1.55 bits per heavy atom. The highest BCUT2D eigenvalue weighted by molar-refractivity contribution is 6.74. The number of alkyl halides is 1. The minimum Gasteiger partial charge on any atom is -0.414 e. The number of halogens is 1. The van der Waals surface area contributed by atoms with Crippen LogP contribution in [0.15, 0.2) is 52.2 Å². The van der Waals surface area contributed by atoms with Gasteiger partial charge >= 0.3 is 5.69 Å². The quantitative estimate of drug-likeness (QED) is 0.331. The van der Waals surface area contributed by atoms with Crippen LogP contribution in [0.2, 0.25) is 36.3 Å². The molecule has 232 valence electrons. The zero-order valence-corrected chi connectivity index (χ0v) is 28.7. The molecule has 2 aliphatic rings. The lowest BCUT2D eigenvalue weighted by Gasteiger charge is -2.45. The second-order valence-corrected chi connectivity index (χ2v) is 24.4. The first-order chi connectivity index (χ1) is 19.2. The molecule has 0 amide bonds. The van der Waals surface area contributed by atoms with E-state index in [0.29, 0.717) is 4.57 Å². The van der Waals surface area contributed by atoms with Crippen LogP contribution in [0.3, 0.4) is 0 Å². The van der Waals surface area contributed by atoms with Gasteiger partial charge in [0.2, 0.25) is 0 Å². The Bertz CT molecular complexity index is 1420. The van der Waals surface area contributed by atoms with Crippen molar-refractivity contribution in [2.45, 2.75) is 115 Å². The molecule has 42 heavy (non-hydrogen) atoms. The van der Waals surface area contributed by atoms with Crippen molar-refractivity contribution in [3.8, 4) is 0 Å². The van der Waals surface area contributed by atoms with Gasteiger partial charge in [0.1, 0.15) is 11.7 Å². The molecule has 11 heteroatoms. The molecule has 1 aromatic carbocycles. The lowest BCUT2D eigenvalue weighted by molar-refractivity contribution is -0.136. The van der Waals surface area contributed by atoms with E-state index in [0.717, 1.165) is 23.5 Å². The third-order valence-electron chi connectivity index (χ3n) is 9.85. The number of rotatable bonds is 8. The number of hydrogen-bond donors (Lipinski definition) is 0. The first kappa shape index (κ1) is 32.7. The summed E-state index contributed by atoms with van der Waals surface area (Å²) in [6.45, 7) is 21.3. The molecule has 0 radical (unpaired) electrons. The van der Waals surface area contributed by atoms with E-state index in [1.807, 2.05) is 0 Å². The van der Waals surface area contributed by atoms with Crippen LogP contribution in [0.25, 0.3) is 0 Å². The van der Waals surface area contributed by atoms with Crippen LogP contribution in [0.5, 0.6) is 0 Å². The van der Waals surface area contributed by atoms with Gasteiger partial charge in [-0.1, -0.05) is 59.7 Å². The van der Waals surface area contributed by atoms with Crippen LogP contribution in [-0.2, 0) is 13.6 Å². The minimum absolute atomic E-state index is 0.00663. The van der Waals surface area contributed by atoms with E-state index >= 15 is 4.39 Å². The predicted molar refractivity (Wildman–Crippen MR) is 167 cm³/mol. The summed E-state index contributed by atoms with van der Waals surface area (Å²) in [5.74, 6) is -0.787. The van der Waals surface area contributed by atoms with E-state index in [4.69, 9.17) is 13.6 Å². The number of hydrogen-bond acceptors (Lipinski definition) is 6. The zero-order valence-electron chi connectivity index (χ0n) is 26.7. The lowest BCUT2D eigenvalue weighted by atomic mass is 9.91. The molecule has 1 saturated carbocycles. The van der Waals surface area contributed by atoms with E-state index in [1.165, 1.54) is 18.3 Å². The Morgan fingerprint density at radius 3 is 2.07 bits per heavy atom. The molecule has 8 nitrogen and oxygen atoms in total. The topological polar surface area (TPSA) is 88.8 Å². The Labute approximate surface area is 250 Å². The standard InChI is InChI=1S/C31H47FN2O6Si2/c1-29(2,3)41(7,8)38-20-31(22-16-17-22)25(40-42(9,10)30(4,5)6)24(32)27(39-31)33-19-18-23(35)34(28(33)37)26(36)21-14-12-11-13-15-21/h11-15,18-19,22,24-25,27H,16-17,20H2,1-10H3/t24-,25-,27+,31-/m0/s1. The highest BCUT2D eigenvalue weighted by Crippen LogP contribution is 2.55. The number of nitrogens with zero attached hydrogens (tertiary/aromatic N) is 2. The first-order valence-electron chi connectivity index (χ1n) is 14.8. The van der Waals surface area contributed by atoms with Gasteiger partial charge < -0.3 is 13.6 Å². The Hall–Kier alpha value is -2.19. The van der Waals surface area contributed by atoms with Crippen molar-refractivity contribution in [3.63, 3.8) is 0 Å². The summed E-state index contributed by atoms with van der Waals surface area (Å²) < 4.78 is 38.7. The molecule has 2 fully saturated rings. The van der Waals surface area contributed by atoms with Gasteiger partial charge in [-0.25, -0.2) is 9.18 Å². The van der Waals surface area contributed by atoms with Crippen LogP contribution >= 0.6 is 0 Å². The van der Waals surface area contributed by atoms with Gasteiger partial charge in [-0.15, -0.1) is 0 Å². The molecular weight excluding hydrogens is 572 g/mol. The van der Waals surface area contributed by atoms with E-state index in [-0.39, 0.29) is 28.2 Å². The minimum atomic E-state index is -2.52. The van der Waals surface area contributed by atoms with Crippen molar-refractivity contribution in [1.29, 1.82) is 0 Å². The average Bonchev–Trinajstić information content (AvgIpc) is 3.70. The van der Waals surface area contributed by atoms with Gasteiger partial charge in [0.05, 0.1) is 6.61 Å². The SMILES string of the molecule is CC(C)(C)[Si](C)(C)OC[C@@]1(C2CC2)O[C@@H](n2ccc(=O)n(C(=O)c3ccccc3)c2=O)[C@@H](F)[C@@H]1O[Si](C)(C)C(C)(C)C. The fourth-order valence-electron chi connectivity index (χ4n) is 4.87. The number of ether oxygens (including phenoxy) is 1. The maximum Gasteiger partial charge on any atom is 0.340 e. The molecule has 0 spiro atoms. The molecule has 1 aliphatic carbocycles. The zero-order chi connectivity index (χ0) is 31.5. The van der Waals surface area contributed by atoms with Crippen LogP contribution in [-0.4, -0.2) is 56.2 Å². The molecule has 0 unspecified atom stereocenters. The summed E-state index contributed by atoms with van der Waals surface area (Å²) in [4.78, 5) is 39.7.